The summed E-state index contributed by atoms with van der Waals surface area (Å²) in [5.41, 5.74) is 0. The molecule has 1 N–H and O–H groups in total. The second-order valence-corrected chi connectivity index (χ2v) is 2.53. The SMILES string of the molecule is C=CC(C)N(C)CCCO. The van der Waals surface area contributed by atoms with Gasteiger partial charge in [0, 0.05) is 19.2 Å². The number of hydrogen-bond donors (Lipinski definition) is 1. The lowest BCUT2D eigenvalue weighted by atomic mass is 10.3. The lowest BCUT2D eigenvalue weighted by molar-refractivity contribution is 0.234. The molecule has 2 heteroatoms. The van der Waals surface area contributed by atoms with Crippen LogP contribution in [0.1, 0.15) is 13.3 Å². The van der Waals surface area contributed by atoms with E-state index in [1.165, 1.54) is 0 Å². The summed E-state index contributed by atoms with van der Waals surface area (Å²) in [5, 5.41) is 8.52. The van der Waals surface area contributed by atoms with E-state index < -0.39 is 0 Å². The van der Waals surface area contributed by atoms with Crippen LogP contribution >= 0.6 is 0 Å². The number of aliphatic hydroxyl groups is 1. The molecule has 0 amide bonds. The highest BCUT2D eigenvalue weighted by atomic mass is 16.3. The van der Waals surface area contributed by atoms with Crippen molar-refractivity contribution in [2.24, 2.45) is 0 Å². The zero-order valence-electron chi connectivity index (χ0n) is 6.88. The fourth-order valence-electron chi connectivity index (χ4n) is 0.704. The molecule has 0 aliphatic carbocycles. The molecule has 1 unspecified atom stereocenters. The fourth-order valence-corrected chi connectivity index (χ4v) is 0.704. The van der Waals surface area contributed by atoms with E-state index in [-0.39, 0.29) is 6.61 Å². The molecule has 0 saturated carbocycles. The Morgan fingerprint density at radius 3 is 2.70 bits per heavy atom. The van der Waals surface area contributed by atoms with E-state index >= 15 is 0 Å². The van der Waals surface area contributed by atoms with E-state index in [2.05, 4.69) is 18.4 Å². The summed E-state index contributed by atoms with van der Waals surface area (Å²) in [6.45, 7) is 6.98. The Hall–Kier alpha value is -0.340. The number of rotatable bonds is 5. The van der Waals surface area contributed by atoms with Crippen molar-refractivity contribution in [3.63, 3.8) is 0 Å². The average molecular weight is 143 g/mol. The van der Waals surface area contributed by atoms with Crippen LogP contribution in [0.3, 0.4) is 0 Å². The van der Waals surface area contributed by atoms with Crippen molar-refractivity contribution in [2.75, 3.05) is 20.2 Å². The van der Waals surface area contributed by atoms with Crippen molar-refractivity contribution in [1.29, 1.82) is 0 Å². The summed E-state index contributed by atoms with van der Waals surface area (Å²) in [6.07, 6.45) is 2.74. The Morgan fingerprint density at radius 2 is 2.30 bits per heavy atom. The standard InChI is InChI=1S/C8H17NO/c1-4-8(2)9(3)6-5-7-10/h4,8,10H,1,5-7H2,2-3H3. The van der Waals surface area contributed by atoms with E-state index in [1.54, 1.807) is 0 Å². The normalized spacial score (nSPS) is 13.6. The van der Waals surface area contributed by atoms with Gasteiger partial charge in [0.15, 0.2) is 0 Å². The maximum Gasteiger partial charge on any atom is 0.0443 e. The van der Waals surface area contributed by atoms with Gasteiger partial charge in [-0.25, -0.2) is 0 Å². The van der Waals surface area contributed by atoms with E-state index in [1.807, 2.05) is 13.1 Å². The van der Waals surface area contributed by atoms with E-state index in [0.717, 1.165) is 13.0 Å². The minimum Gasteiger partial charge on any atom is -0.396 e. The first-order valence-electron chi connectivity index (χ1n) is 3.66. The molecule has 0 radical (unpaired) electrons. The highest BCUT2D eigenvalue weighted by Gasteiger charge is 2.02. The van der Waals surface area contributed by atoms with Crippen LogP contribution in [0.5, 0.6) is 0 Å². The second kappa shape index (κ2) is 5.45. The van der Waals surface area contributed by atoms with Gasteiger partial charge >= 0.3 is 0 Å². The van der Waals surface area contributed by atoms with Crippen LogP contribution in [0.4, 0.5) is 0 Å². The fraction of sp³-hybridized carbons (Fsp3) is 0.750. The lowest BCUT2D eigenvalue weighted by Crippen LogP contribution is -2.28. The molecular weight excluding hydrogens is 126 g/mol. The smallest absolute Gasteiger partial charge is 0.0443 e. The van der Waals surface area contributed by atoms with Crippen LogP contribution < -0.4 is 0 Å². The summed E-state index contributed by atoms with van der Waals surface area (Å²) in [7, 11) is 2.03. The first kappa shape index (κ1) is 9.66. The van der Waals surface area contributed by atoms with Gasteiger partial charge in [-0.1, -0.05) is 6.08 Å². The van der Waals surface area contributed by atoms with Crippen molar-refractivity contribution in [3.8, 4) is 0 Å². The van der Waals surface area contributed by atoms with E-state index in [0.29, 0.717) is 6.04 Å². The third-order valence-electron chi connectivity index (χ3n) is 1.71. The van der Waals surface area contributed by atoms with E-state index in [4.69, 9.17) is 5.11 Å². The molecule has 0 aliphatic heterocycles. The topological polar surface area (TPSA) is 23.5 Å². The number of nitrogens with zero attached hydrogens (tertiary/aromatic N) is 1. The Kier molecular flexibility index (Phi) is 5.26. The van der Waals surface area contributed by atoms with Gasteiger partial charge in [-0.05, 0) is 20.4 Å². The maximum atomic E-state index is 8.52. The molecule has 0 aliphatic rings. The summed E-state index contributed by atoms with van der Waals surface area (Å²) in [4.78, 5) is 2.16. The third kappa shape index (κ3) is 3.64. The molecule has 0 spiro atoms. The van der Waals surface area contributed by atoms with Gasteiger partial charge in [-0.15, -0.1) is 6.58 Å². The molecule has 2 nitrogen and oxygen atoms in total. The minimum absolute atomic E-state index is 0.272. The Labute approximate surface area is 63.2 Å². The molecule has 0 rings (SSSR count). The van der Waals surface area contributed by atoms with Gasteiger partial charge in [0.1, 0.15) is 0 Å². The lowest BCUT2D eigenvalue weighted by Gasteiger charge is -2.20. The quantitative estimate of drug-likeness (QED) is 0.577. The van der Waals surface area contributed by atoms with Crippen LogP contribution in [-0.2, 0) is 0 Å². The molecule has 0 saturated heterocycles. The summed E-state index contributed by atoms with van der Waals surface area (Å²) in [6, 6.07) is 0.409. The predicted molar refractivity (Wildman–Crippen MR) is 44.0 cm³/mol. The van der Waals surface area contributed by atoms with Gasteiger partial charge < -0.3 is 10.0 Å². The van der Waals surface area contributed by atoms with Crippen molar-refractivity contribution >= 4 is 0 Å². The largest absolute Gasteiger partial charge is 0.396 e. The number of likely N-dealkylation sites (N-methyl/N-ethyl adjacent to an activating group) is 1. The Bertz CT molecular complexity index is 93.3. The van der Waals surface area contributed by atoms with Gasteiger partial charge in [-0.3, -0.25) is 0 Å². The van der Waals surface area contributed by atoms with Crippen molar-refractivity contribution in [2.45, 2.75) is 19.4 Å². The first-order chi connectivity index (χ1) is 4.72. The molecule has 1 atom stereocenters. The monoisotopic (exact) mass is 143 g/mol. The van der Waals surface area contributed by atoms with Crippen molar-refractivity contribution in [1.82, 2.24) is 4.90 Å². The van der Waals surface area contributed by atoms with E-state index in [9.17, 15) is 0 Å². The molecule has 0 aromatic heterocycles. The molecular formula is C8H17NO. The van der Waals surface area contributed by atoms with Gasteiger partial charge in [0.25, 0.3) is 0 Å². The molecule has 0 bridgehead atoms. The summed E-state index contributed by atoms with van der Waals surface area (Å²) >= 11 is 0. The summed E-state index contributed by atoms with van der Waals surface area (Å²) in [5.74, 6) is 0. The number of aliphatic hydroxyl groups excluding tert-OH is 1. The Balaban J connectivity index is 3.40. The molecule has 0 fully saturated rings. The molecule has 0 heterocycles. The molecule has 10 heavy (non-hydrogen) atoms. The third-order valence-corrected chi connectivity index (χ3v) is 1.71. The van der Waals surface area contributed by atoms with Gasteiger partial charge in [0.2, 0.25) is 0 Å². The minimum atomic E-state index is 0.272. The van der Waals surface area contributed by atoms with Crippen LogP contribution in [0.25, 0.3) is 0 Å². The van der Waals surface area contributed by atoms with Crippen LogP contribution in [0.2, 0.25) is 0 Å². The molecule has 60 valence electrons. The maximum absolute atomic E-state index is 8.52. The van der Waals surface area contributed by atoms with Crippen molar-refractivity contribution < 1.29 is 5.11 Å². The van der Waals surface area contributed by atoms with Gasteiger partial charge in [0.05, 0.1) is 0 Å². The van der Waals surface area contributed by atoms with Gasteiger partial charge in [-0.2, -0.15) is 0 Å². The highest BCUT2D eigenvalue weighted by molar-refractivity contribution is 4.81. The first-order valence-corrected chi connectivity index (χ1v) is 3.66. The zero-order valence-corrected chi connectivity index (χ0v) is 6.88. The second-order valence-electron chi connectivity index (χ2n) is 2.53. The predicted octanol–water partition coefficient (Wildman–Crippen LogP) is 0.875. The molecule has 0 aromatic rings. The summed E-state index contributed by atoms with van der Waals surface area (Å²) < 4.78 is 0. The Morgan fingerprint density at radius 1 is 1.70 bits per heavy atom. The zero-order chi connectivity index (χ0) is 7.98. The average Bonchev–Trinajstić information content (AvgIpc) is 1.98. The highest BCUT2D eigenvalue weighted by Crippen LogP contribution is 1.96. The molecule has 0 aromatic carbocycles. The van der Waals surface area contributed by atoms with Crippen LogP contribution in [0.15, 0.2) is 12.7 Å². The van der Waals surface area contributed by atoms with Crippen molar-refractivity contribution in [3.05, 3.63) is 12.7 Å². The van der Waals surface area contributed by atoms with Crippen LogP contribution in [-0.4, -0.2) is 36.2 Å². The number of hydrogen-bond acceptors (Lipinski definition) is 2. The van der Waals surface area contributed by atoms with Crippen LogP contribution in [0, 0.1) is 0 Å².